The molecule has 0 fully saturated rings. The van der Waals surface area contributed by atoms with E-state index in [9.17, 15) is 43.2 Å². The topological polar surface area (TPSA) is 237 Å². The van der Waals surface area contributed by atoms with Gasteiger partial charge in [0.25, 0.3) is 0 Å². The Morgan fingerprint density at radius 3 is 0.617 bits per heavy atom. The van der Waals surface area contributed by atoms with Crippen LogP contribution in [-0.4, -0.2) is 96.7 Å². The molecule has 3 N–H and O–H groups in total. The Balaban J connectivity index is 5.23. The minimum atomic E-state index is -4.97. The summed E-state index contributed by atoms with van der Waals surface area (Å²) >= 11 is 0. The highest BCUT2D eigenvalue weighted by atomic mass is 31.2. The Hall–Kier alpha value is -1.94. The van der Waals surface area contributed by atoms with E-state index in [1.807, 2.05) is 0 Å². The molecule has 0 aromatic carbocycles. The first-order valence-corrected chi connectivity index (χ1v) is 52.7. The van der Waals surface area contributed by atoms with E-state index in [1.165, 1.54) is 353 Å². The predicted molar refractivity (Wildman–Crippen MR) is 479 cm³/mol. The molecule has 17 nitrogen and oxygen atoms in total. The fraction of sp³-hybridized carbons (Fsp3) is 0.958. The highest BCUT2D eigenvalue weighted by Gasteiger charge is 2.31. The van der Waals surface area contributed by atoms with Crippen LogP contribution in [0.15, 0.2) is 0 Å². The second kappa shape index (κ2) is 88.4. The van der Waals surface area contributed by atoms with Crippen LogP contribution in [0.3, 0.4) is 0 Å². The monoisotopic (exact) mass is 1680 g/mol. The van der Waals surface area contributed by atoms with Gasteiger partial charge in [-0.15, -0.1) is 0 Å². The van der Waals surface area contributed by atoms with Crippen LogP contribution in [0.2, 0.25) is 0 Å². The van der Waals surface area contributed by atoms with Gasteiger partial charge in [-0.25, -0.2) is 9.13 Å². The van der Waals surface area contributed by atoms with E-state index in [0.717, 1.165) is 95.8 Å². The van der Waals surface area contributed by atoms with Gasteiger partial charge in [-0.3, -0.25) is 37.3 Å². The first-order valence-electron chi connectivity index (χ1n) is 49.7. The summed E-state index contributed by atoms with van der Waals surface area (Å²) in [6, 6.07) is 0. The van der Waals surface area contributed by atoms with E-state index in [4.69, 9.17) is 37.0 Å². The summed E-state index contributed by atoms with van der Waals surface area (Å²) in [7, 11) is -9.94. The molecule has 0 aliphatic carbocycles. The molecule has 0 spiro atoms. The molecule has 0 rings (SSSR count). The highest BCUT2D eigenvalue weighted by molar-refractivity contribution is 7.47. The molecule has 6 atom stereocenters. The van der Waals surface area contributed by atoms with Gasteiger partial charge in [-0.2, -0.15) is 0 Å². The van der Waals surface area contributed by atoms with Gasteiger partial charge in [0.05, 0.1) is 26.4 Å². The number of phosphoric ester groups is 2. The molecule has 684 valence electrons. The number of phosphoric acid groups is 2. The fourth-order valence-corrected chi connectivity index (χ4v) is 16.8. The average Bonchev–Trinajstić information content (AvgIpc) is 0.897. The molecule has 0 amide bonds. The molecule has 3 unspecified atom stereocenters. The van der Waals surface area contributed by atoms with Crippen LogP contribution in [0.4, 0.5) is 0 Å². The van der Waals surface area contributed by atoms with Crippen LogP contribution in [0.5, 0.6) is 0 Å². The molecule has 0 aromatic rings. The zero-order chi connectivity index (χ0) is 84.0. The molecule has 115 heavy (non-hydrogen) atoms. The lowest BCUT2D eigenvalue weighted by molar-refractivity contribution is -0.161. The summed E-state index contributed by atoms with van der Waals surface area (Å²) in [5, 5.41) is 10.7. The number of aliphatic hydroxyl groups is 1. The number of hydrogen-bond donors (Lipinski definition) is 3. The zero-order valence-electron chi connectivity index (χ0n) is 76.0. The van der Waals surface area contributed by atoms with Crippen molar-refractivity contribution in [3.05, 3.63) is 0 Å². The third-order valence-electron chi connectivity index (χ3n) is 23.1. The van der Waals surface area contributed by atoms with E-state index >= 15 is 0 Å². The Kier molecular flexibility index (Phi) is 86.9. The van der Waals surface area contributed by atoms with Gasteiger partial charge >= 0.3 is 39.5 Å². The highest BCUT2D eigenvalue weighted by Crippen LogP contribution is 2.45. The van der Waals surface area contributed by atoms with Gasteiger partial charge in [-0.05, 0) is 31.6 Å². The predicted octanol–water partition coefficient (Wildman–Crippen LogP) is 30.3. The van der Waals surface area contributed by atoms with Crippen LogP contribution in [0.25, 0.3) is 0 Å². The standard InChI is InChI=1S/C96H188O17P2/c1-6-10-13-16-19-22-25-28-31-34-37-40-43-46-49-52-55-58-64-69-74-79-93(98)106-85-91(112-95(100)81-76-71-66-59-56-53-50-47-44-41-38-35-32-29-26-23-20-17-14-11-7-2)87-110-114(102,103)108-83-90(97)84-109-115(104,105)111-88-92(86-107-94(99)80-75-70-65-62-61-63-68-73-78-89(5)9-4)113-96(101)82-77-72-67-60-57-54-51-48-45-42-39-36-33-30-27-24-21-18-15-12-8-3/h89-92,97H,6-88H2,1-5H3,(H,102,103)(H,104,105)/t89?,90-,91-,92-/m1/s1. The van der Waals surface area contributed by atoms with Crippen molar-refractivity contribution in [3.63, 3.8) is 0 Å². The first kappa shape index (κ1) is 113. The lowest BCUT2D eigenvalue weighted by Gasteiger charge is -2.21. The summed E-state index contributed by atoms with van der Waals surface area (Å²) in [5.74, 6) is -1.31. The van der Waals surface area contributed by atoms with Crippen molar-refractivity contribution in [1.29, 1.82) is 0 Å². The molecule has 0 bridgehead atoms. The van der Waals surface area contributed by atoms with Gasteiger partial charge in [0, 0.05) is 25.7 Å². The van der Waals surface area contributed by atoms with Crippen molar-refractivity contribution >= 4 is 39.5 Å². The second-order valence-corrected chi connectivity index (χ2v) is 37.6. The summed E-state index contributed by atoms with van der Waals surface area (Å²) in [6.07, 6.45) is 86.4. The maximum Gasteiger partial charge on any atom is 0.472 e. The Bertz CT molecular complexity index is 2170. The number of esters is 4. The van der Waals surface area contributed by atoms with Crippen LogP contribution < -0.4 is 0 Å². The molecule has 0 radical (unpaired) electrons. The van der Waals surface area contributed by atoms with Gasteiger partial charge in [-0.1, -0.05) is 478 Å². The number of ether oxygens (including phenoxy) is 4. The maximum absolute atomic E-state index is 13.2. The Labute approximate surface area is 708 Å². The van der Waals surface area contributed by atoms with E-state index in [1.54, 1.807) is 0 Å². The lowest BCUT2D eigenvalue weighted by atomic mass is 9.99. The first-order chi connectivity index (χ1) is 56.1. The molecule has 19 heteroatoms. The lowest BCUT2D eigenvalue weighted by Crippen LogP contribution is -2.30. The summed E-state index contributed by atoms with van der Waals surface area (Å²) < 4.78 is 69.2. The number of carbonyl (C=O) groups excluding carboxylic acids is 4. The van der Waals surface area contributed by atoms with Gasteiger partial charge in [0.2, 0.25) is 0 Å². The van der Waals surface area contributed by atoms with Crippen molar-refractivity contribution in [1.82, 2.24) is 0 Å². The minimum Gasteiger partial charge on any atom is -0.462 e. The van der Waals surface area contributed by atoms with Gasteiger partial charge < -0.3 is 33.8 Å². The maximum atomic E-state index is 13.2. The van der Waals surface area contributed by atoms with E-state index in [2.05, 4.69) is 34.6 Å². The summed E-state index contributed by atoms with van der Waals surface area (Å²) in [5.41, 5.74) is 0. The molecule has 0 saturated carbocycles. The molecule has 0 saturated heterocycles. The van der Waals surface area contributed by atoms with Crippen molar-refractivity contribution < 1.29 is 80.2 Å². The van der Waals surface area contributed by atoms with Crippen molar-refractivity contribution in [2.24, 2.45) is 5.92 Å². The zero-order valence-corrected chi connectivity index (χ0v) is 77.7. The molecular weight excluding hydrogens is 1490 g/mol. The molecular formula is C96H188O17P2. The third-order valence-corrected chi connectivity index (χ3v) is 25.0. The van der Waals surface area contributed by atoms with Crippen LogP contribution in [0, 0.1) is 5.92 Å². The van der Waals surface area contributed by atoms with Crippen molar-refractivity contribution in [3.8, 4) is 0 Å². The molecule has 0 heterocycles. The summed E-state index contributed by atoms with van der Waals surface area (Å²) in [4.78, 5) is 73.6. The molecule has 0 aliphatic heterocycles. The number of rotatable bonds is 96. The van der Waals surface area contributed by atoms with Crippen LogP contribution in [0.1, 0.15) is 529 Å². The number of hydrogen-bond acceptors (Lipinski definition) is 15. The van der Waals surface area contributed by atoms with E-state index in [0.29, 0.717) is 25.7 Å². The molecule has 0 aliphatic rings. The smallest absolute Gasteiger partial charge is 0.462 e. The van der Waals surface area contributed by atoms with E-state index < -0.39 is 97.5 Å². The van der Waals surface area contributed by atoms with Crippen LogP contribution >= 0.6 is 15.6 Å². The average molecular weight is 1680 g/mol. The molecule has 0 aromatic heterocycles. The third kappa shape index (κ3) is 88.2. The quantitative estimate of drug-likeness (QED) is 0.0222. The number of aliphatic hydroxyl groups excluding tert-OH is 1. The largest absolute Gasteiger partial charge is 0.472 e. The second-order valence-electron chi connectivity index (χ2n) is 34.7. The van der Waals surface area contributed by atoms with Gasteiger partial charge in [0.15, 0.2) is 12.2 Å². The number of carbonyl (C=O) groups is 4. The fourth-order valence-electron chi connectivity index (χ4n) is 15.2. The Morgan fingerprint density at radius 1 is 0.243 bits per heavy atom. The number of unbranched alkanes of at least 4 members (excludes halogenated alkanes) is 67. The minimum absolute atomic E-state index is 0.109. The Morgan fingerprint density at radius 2 is 0.417 bits per heavy atom. The van der Waals surface area contributed by atoms with Gasteiger partial charge in [0.1, 0.15) is 19.3 Å². The summed E-state index contributed by atoms with van der Waals surface area (Å²) in [6.45, 7) is 7.42. The van der Waals surface area contributed by atoms with Crippen LogP contribution in [-0.2, 0) is 65.4 Å². The van der Waals surface area contributed by atoms with E-state index in [-0.39, 0.29) is 25.7 Å². The SMILES string of the molecule is CCCCCCCCCCCCCCCCCCCCCCCC(=O)OC[C@H](COP(=O)(O)OC[C@@H](O)COP(=O)(O)OC[C@@H](COC(=O)CCCCCCCCCCC(C)CC)OC(=O)CCCCCCCCCCCCCCCCCCCCCCC)OC(=O)CCCCCCCCCCCCCCCCCCCCCCC. The van der Waals surface area contributed by atoms with Crippen molar-refractivity contribution in [2.75, 3.05) is 39.6 Å². The normalized spacial score (nSPS) is 13.8. The van der Waals surface area contributed by atoms with Crippen molar-refractivity contribution in [2.45, 2.75) is 547 Å².